The highest BCUT2D eigenvalue weighted by Crippen LogP contribution is 2.19. The highest BCUT2D eigenvalue weighted by Gasteiger charge is 2.18. The van der Waals surface area contributed by atoms with E-state index >= 15 is 0 Å². The van der Waals surface area contributed by atoms with Gasteiger partial charge in [-0.25, -0.2) is 0 Å². The van der Waals surface area contributed by atoms with Crippen LogP contribution in [-0.4, -0.2) is 38.9 Å². The maximum Gasteiger partial charge on any atom is 0.323 e. The van der Waals surface area contributed by atoms with Gasteiger partial charge in [0.2, 0.25) is 0 Å². The Labute approximate surface area is 120 Å². The fraction of sp³-hybridized carbons (Fsp3) is 0.533. The second kappa shape index (κ2) is 9.20. The molecule has 0 saturated heterocycles. The number of methoxy groups -OCH3 is 1. The van der Waals surface area contributed by atoms with Crippen molar-refractivity contribution in [2.75, 3.05) is 26.9 Å². The molecule has 1 unspecified atom stereocenters. The van der Waals surface area contributed by atoms with Crippen molar-refractivity contribution >= 4 is 5.97 Å². The molecule has 112 valence electrons. The SMILES string of the molecule is CCNC(CCOc1cccc(OC)c1)C(=O)OCC. The van der Waals surface area contributed by atoms with Gasteiger partial charge >= 0.3 is 5.97 Å². The molecule has 0 aromatic heterocycles. The third-order valence-electron chi connectivity index (χ3n) is 2.74. The lowest BCUT2D eigenvalue weighted by Gasteiger charge is -2.16. The summed E-state index contributed by atoms with van der Waals surface area (Å²) in [4.78, 5) is 11.7. The molecule has 1 aromatic carbocycles. The first-order valence-corrected chi connectivity index (χ1v) is 6.88. The Morgan fingerprint density at radius 1 is 1.30 bits per heavy atom. The van der Waals surface area contributed by atoms with Crippen LogP contribution >= 0.6 is 0 Å². The molecule has 0 bridgehead atoms. The third kappa shape index (κ3) is 5.48. The Bertz CT molecular complexity index is 409. The van der Waals surface area contributed by atoms with Crippen LogP contribution in [0.1, 0.15) is 20.3 Å². The van der Waals surface area contributed by atoms with Crippen molar-refractivity contribution in [2.24, 2.45) is 0 Å². The maximum atomic E-state index is 11.7. The number of carbonyl (C=O) groups is 1. The molecular weight excluding hydrogens is 258 g/mol. The van der Waals surface area contributed by atoms with Crippen LogP contribution in [0.15, 0.2) is 24.3 Å². The lowest BCUT2D eigenvalue weighted by molar-refractivity contribution is -0.146. The summed E-state index contributed by atoms with van der Waals surface area (Å²) in [7, 11) is 1.61. The molecular formula is C15H23NO4. The van der Waals surface area contributed by atoms with E-state index in [2.05, 4.69) is 5.32 Å². The molecule has 0 aliphatic carbocycles. The van der Waals surface area contributed by atoms with E-state index in [1.807, 2.05) is 31.2 Å². The third-order valence-corrected chi connectivity index (χ3v) is 2.74. The quantitative estimate of drug-likeness (QED) is 0.702. The lowest BCUT2D eigenvalue weighted by atomic mass is 10.2. The number of ether oxygens (including phenoxy) is 3. The molecule has 1 rings (SSSR count). The molecule has 0 saturated carbocycles. The van der Waals surface area contributed by atoms with Crippen molar-refractivity contribution in [3.05, 3.63) is 24.3 Å². The standard InChI is InChI=1S/C15H23NO4/c1-4-16-14(15(17)19-5-2)9-10-20-13-8-6-7-12(11-13)18-3/h6-8,11,14,16H,4-5,9-10H2,1-3H3. The van der Waals surface area contributed by atoms with Gasteiger partial charge in [-0.05, 0) is 25.6 Å². The Balaban J connectivity index is 2.44. The molecule has 0 spiro atoms. The Hall–Kier alpha value is -1.75. The summed E-state index contributed by atoms with van der Waals surface area (Å²) in [5.41, 5.74) is 0. The molecule has 5 heteroatoms. The summed E-state index contributed by atoms with van der Waals surface area (Å²) in [6.07, 6.45) is 0.559. The fourth-order valence-electron chi connectivity index (χ4n) is 1.78. The summed E-state index contributed by atoms with van der Waals surface area (Å²) in [6, 6.07) is 7.06. The minimum atomic E-state index is -0.328. The molecule has 1 atom stereocenters. The van der Waals surface area contributed by atoms with Gasteiger partial charge in [0.15, 0.2) is 0 Å². The van der Waals surface area contributed by atoms with Gasteiger partial charge in [0.25, 0.3) is 0 Å². The first kappa shape index (κ1) is 16.3. The summed E-state index contributed by atoms with van der Waals surface area (Å²) >= 11 is 0. The first-order chi connectivity index (χ1) is 9.71. The lowest BCUT2D eigenvalue weighted by Crippen LogP contribution is -2.39. The van der Waals surface area contributed by atoms with Gasteiger partial charge < -0.3 is 19.5 Å². The molecule has 5 nitrogen and oxygen atoms in total. The number of nitrogens with one attached hydrogen (secondary N) is 1. The number of carbonyl (C=O) groups excluding carboxylic acids is 1. The van der Waals surface area contributed by atoms with E-state index in [1.165, 1.54) is 0 Å². The highest BCUT2D eigenvalue weighted by molar-refractivity contribution is 5.75. The Morgan fingerprint density at radius 2 is 2.05 bits per heavy atom. The van der Waals surface area contributed by atoms with Crippen LogP contribution < -0.4 is 14.8 Å². The van der Waals surface area contributed by atoms with Crippen LogP contribution in [-0.2, 0) is 9.53 Å². The maximum absolute atomic E-state index is 11.7. The van der Waals surface area contributed by atoms with Crippen LogP contribution in [0.3, 0.4) is 0 Å². The average molecular weight is 281 g/mol. The summed E-state index contributed by atoms with van der Waals surface area (Å²) < 4.78 is 15.8. The molecule has 0 fully saturated rings. The normalized spacial score (nSPS) is 11.8. The van der Waals surface area contributed by atoms with Crippen LogP contribution in [0.2, 0.25) is 0 Å². The molecule has 0 aliphatic rings. The fourth-order valence-corrected chi connectivity index (χ4v) is 1.78. The molecule has 0 aliphatic heterocycles. The van der Waals surface area contributed by atoms with E-state index in [1.54, 1.807) is 14.0 Å². The minimum Gasteiger partial charge on any atom is -0.497 e. The van der Waals surface area contributed by atoms with Crippen molar-refractivity contribution in [3.63, 3.8) is 0 Å². The van der Waals surface area contributed by atoms with E-state index in [4.69, 9.17) is 14.2 Å². The number of esters is 1. The van der Waals surface area contributed by atoms with Gasteiger partial charge in [-0.1, -0.05) is 13.0 Å². The second-order valence-corrected chi connectivity index (χ2v) is 4.18. The number of hydrogen-bond donors (Lipinski definition) is 1. The van der Waals surface area contributed by atoms with Gasteiger partial charge in [0, 0.05) is 12.5 Å². The number of hydrogen-bond acceptors (Lipinski definition) is 5. The summed E-state index contributed by atoms with van der Waals surface area (Å²) in [5.74, 6) is 1.24. The molecule has 0 amide bonds. The molecule has 1 aromatic rings. The minimum absolute atomic E-state index is 0.233. The molecule has 0 heterocycles. The van der Waals surface area contributed by atoms with E-state index in [0.717, 1.165) is 11.5 Å². The topological polar surface area (TPSA) is 56.8 Å². The zero-order chi connectivity index (χ0) is 14.8. The predicted molar refractivity (Wildman–Crippen MR) is 77.2 cm³/mol. The second-order valence-electron chi connectivity index (χ2n) is 4.18. The first-order valence-electron chi connectivity index (χ1n) is 6.88. The average Bonchev–Trinajstić information content (AvgIpc) is 2.47. The van der Waals surface area contributed by atoms with Gasteiger partial charge in [-0.3, -0.25) is 4.79 Å². The van der Waals surface area contributed by atoms with Crippen molar-refractivity contribution in [2.45, 2.75) is 26.3 Å². The summed E-state index contributed by atoms with van der Waals surface area (Å²) in [6.45, 7) is 5.28. The largest absolute Gasteiger partial charge is 0.497 e. The van der Waals surface area contributed by atoms with Crippen molar-refractivity contribution in [1.29, 1.82) is 0 Å². The number of likely N-dealkylation sites (N-methyl/N-ethyl adjacent to an activating group) is 1. The van der Waals surface area contributed by atoms with E-state index < -0.39 is 0 Å². The monoisotopic (exact) mass is 281 g/mol. The molecule has 0 radical (unpaired) electrons. The number of benzene rings is 1. The van der Waals surface area contributed by atoms with Gasteiger partial charge in [-0.15, -0.1) is 0 Å². The smallest absolute Gasteiger partial charge is 0.323 e. The van der Waals surface area contributed by atoms with E-state index in [0.29, 0.717) is 26.2 Å². The predicted octanol–water partition coefficient (Wildman–Crippen LogP) is 2.01. The Kier molecular flexibility index (Phi) is 7.50. The van der Waals surface area contributed by atoms with E-state index in [-0.39, 0.29) is 12.0 Å². The zero-order valence-corrected chi connectivity index (χ0v) is 12.3. The van der Waals surface area contributed by atoms with Crippen molar-refractivity contribution in [1.82, 2.24) is 5.32 Å². The van der Waals surface area contributed by atoms with Crippen LogP contribution in [0.5, 0.6) is 11.5 Å². The van der Waals surface area contributed by atoms with Gasteiger partial charge in [0.05, 0.1) is 20.3 Å². The van der Waals surface area contributed by atoms with Gasteiger partial charge in [0.1, 0.15) is 17.5 Å². The number of rotatable bonds is 9. The van der Waals surface area contributed by atoms with Crippen LogP contribution in [0.25, 0.3) is 0 Å². The zero-order valence-electron chi connectivity index (χ0n) is 12.3. The Morgan fingerprint density at radius 3 is 2.70 bits per heavy atom. The van der Waals surface area contributed by atoms with Gasteiger partial charge in [-0.2, -0.15) is 0 Å². The molecule has 1 N–H and O–H groups in total. The van der Waals surface area contributed by atoms with E-state index in [9.17, 15) is 4.79 Å². The van der Waals surface area contributed by atoms with Crippen molar-refractivity contribution < 1.29 is 19.0 Å². The molecule has 20 heavy (non-hydrogen) atoms. The van der Waals surface area contributed by atoms with Crippen LogP contribution in [0, 0.1) is 0 Å². The van der Waals surface area contributed by atoms with Crippen molar-refractivity contribution in [3.8, 4) is 11.5 Å². The highest BCUT2D eigenvalue weighted by atomic mass is 16.5. The summed E-state index contributed by atoms with van der Waals surface area (Å²) in [5, 5.41) is 3.10. The van der Waals surface area contributed by atoms with Crippen LogP contribution in [0.4, 0.5) is 0 Å².